The molecule has 0 unspecified atom stereocenters. The van der Waals surface area contributed by atoms with E-state index in [0.717, 1.165) is 5.21 Å². The quantitative estimate of drug-likeness (QED) is 0.225. The van der Waals surface area contributed by atoms with Gasteiger partial charge in [-0.3, -0.25) is 0 Å². The maximum atomic E-state index is 11.0. The zero-order chi connectivity index (χ0) is 19.2. The van der Waals surface area contributed by atoms with Crippen molar-refractivity contribution in [1.82, 2.24) is 0 Å². The molecule has 0 saturated carbocycles. The third-order valence-corrected chi connectivity index (χ3v) is 16.1. The third-order valence-electron chi connectivity index (χ3n) is 4.46. The van der Waals surface area contributed by atoms with E-state index in [1.165, 1.54) is 13.1 Å². The van der Waals surface area contributed by atoms with E-state index in [1.54, 1.807) is 0 Å². The van der Waals surface area contributed by atoms with Crippen molar-refractivity contribution in [3.05, 3.63) is 91.0 Å². The minimum atomic E-state index is -4.25. The van der Waals surface area contributed by atoms with Gasteiger partial charge in [-0.25, -0.2) is 0 Å². The fraction of sp³-hybridized carbons (Fsp3) is 0.143. The van der Waals surface area contributed by atoms with E-state index < -0.39 is 22.7 Å². The second kappa shape index (κ2) is 9.11. The van der Waals surface area contributed by atoms with E-state index in [0.29, 0.717) is 23.0 Å². The molecular weight excluding hydrogens is 439 g/mol. The van der Waals surface area contributed by atoms with Crippen molar-refractivity contribution in [3.8, 4) is 0 Å². The van der Waals surface area contributed by atoms with Gasteiger partial charge in [0.05, 0.1) is 0 Å². The number of hydrogen-bond acceptors (Lipinski definition) is 4. The van der Waals surface area contributed by atoms with Crippen LogP contribution in [0.15, 0.2) is 91.0 Å². The van der Waals surface area contributed by atoms with Crippen LogP contribution in [-0.4, -0.2) is 32.3 Å². The van der Waals surface area contributed by atoms with E-state index in [4.69, 9.17) is 0 Å². The van der Waals surface area contributed by atoms with Crippen LogP contribution >= 0.6 is 10.8 Å². The molecule has 3 aromatic rings. The Morgan fingerprint density at radius 2 is 1.07 bits per heavy atom. The summed E-state index contributed by atoms with van der Waals surface area (Å²) in [5.41, 5.74) is 0. The SMILES string of the molecule is O=S(=O)([O-])SCCC[As+](c1ccccc1)(c1ccccc1)c1ccccc1. The monoisotopic (exact) mass is 460 g/mol. The van der Waals surface area contributed by atoms with Gasteiger partial charge in [-0.15, -0.1) is 0 Å². The van der Waals surface area contributed by atoms with Gasteiger partial charge in [0.25, 0.3) is 0 Å². The summed E-state index contributed by atoms with van der Waals surface area (Å²) in [4.78, 5) is 0. The van der Waals surface area contributed by atoms with Crippen LogP contribution in [0.2, 0.25) is 5.21 Å². The molecular formula is C21H21AsO3S2. The van der Waals surface area contributed by atoms with Gasteiger partial charge in [0.15, 0.2) is 0 Å². The zero-order valence-electron chi connectivity index (χ0n) is 14.8. The third kappa shape index (κ3) is 5.05. The molecule has 0 spiro atoms. The van der Waals surface area contributed by atoms with E-state index in [1.807, 2.05) is 18.2 Å². The second-order valence-electron chi connectivity index (χ2n) is 6.12. The Morgan fingerprint density at radius 3 is 1.41 bits per heavy atom. The van der Waals surface area contributed by atoms with Crippen LogP contribution in [0.25, 0.3) is 0 Å². The van der Waals surface area contributed by atoms with Crippen LogP contribution in [-0.2, 0) is 9.15 Å². The van der Waals surface area contributed by atoms with Gasteiger partial charge >= 0.3 is 168 Å². The average molecular weight is 460 g/mol. The number of rotatable bonds is 8. The normalized spacial score (nSPS) is 12.0. The van der Waals surface area contributed by atoms with Crippen LogP contribution in [0.3, 0.4) is 0 Å². The molecule has 3 aromatic carbocycles. The molecule has 3 rings (SSSR count). The van der Waals surface area contributed by atoms with Crippen molar-refractivity contribution >= 4 is 46.5 Å². The van der Waals surface area contributed by atoms with Gasteiger partial charge < -0.3 is 0 Å². The molecule has 27 heavy (non-hydrogen) atoms. The molecule has 0 fully saturated rings. The van der Waals surface area contributed by atoms with E-state index in [9.17, 15) is 13.0 Å². The summed E-state index contributed by atoms with van der Waals surface area (Å²) < 4.78 is 36.9. The summed E-state index contributed by atoms with van der Waals surface area (Å²) in [6.07, 6.45) is 0.678. The van der Waals surface area contributed by atoms with Gasteiger partial charge in [-0.2, -0.15) is 0 Å². The predicted octanol–water partition coefficient (Wildman–Crippen LogP) is 2.74. The molecule has 6 heteroatoms. The molecule has 140 valence electrons. The molecule has 0 aliphatic heterocycles. The maximum absolute atomic E-state index is 11.0. The Hall–Kier alpha value is -1.52. The number of benzene rings is 3. The second-order valence-corrected chi connectivity index (χ2v) is 17.1. The Bertz CT molecular complexity index is 850. The Morgan fingerprint density at radius 1 is 0.704 bits per heavy atom. The molecule has 0 amide bonds. The van der Waals surface area contributed by atoms with Crippen LogP contribution in [0.5, 0.6) is 0 Å². The first-order valence-electron chi connectivity index (χ1n) is 8.67. The summed E-state index contributed by atoms with van der Waals surface area (Å²) in [6.45, 7) is 0. The average Bonchev–Trinajstić information content (AvgIpc) is 2.70. The molecule has 0 saturated heterocycles. The van der Waals surface area contributed by atoms with Crippen molar-refractivity contribution in [2.24, 2.45) is 0 Å². The Labute approximate surface area is 167 Å². The molecule has 0 aliphatic rings. The van der Waals surface area contributed by atoms with Crippen molar-refractivity contribution in [2.45, 2.75) is 11.6 Å². The Kier molecular flexibility index (Phi) is 6.82. The first-order valence-corrected chi connectivity index (χ1v) is 15.7. The van der Waals surface area contributed by atoms with Crippen LogP contribution < -0.4 is 13.1 Å². The molecule has 3 nitrogen and oxygen atoms in total. The van der Waals surface area contributed by atoms with Crippen molar-refractivity contribution in [1.29, 1.82) is 0 Å². The van der Waals surface area contributed by atoms with Crippen LogP contribution in [0.1, 0.15) is 6.42 Å². The molecule has 0 aromatic heterocycles. The van der Waals surface area contributed by atoms with E-state index in [2.05, 4.69) is 72.8 Å². The topological polar surface area (TPSA) is 57.2 Å². The van der Waals surface area contributed by atoms with Crippen molar-refractivity contribution < 1.29 is 13.0 Å². The van der Waals surface area contributed by atoms with Crippen LogP contribution in [0, 0.1) is 0 Å². The fourth-order valence-electron chi connectivity index (χ4n) is 3.34. The summed E-state index contributed by atoms with van der Waals surface area (Å²) in [5.74, 6) is 0.321. The van der Waals surface area contributed by atoms with Crippen molar-refractivity contribution in [3.63, 3.8) is 0 Å². The Balaban J connectivity index is 2.08. The van der Waals surface area contributed by atoms with E-state index in [-0.39, 0.29) is 0 Å². The minimum absolute atomic E-state index is 0.321. The van der Waals surface area contributed by atoms with Gasteiger partial charge in [0.2, 0.25) is 0 Å². The van der Waals surface area contributed by atoms with Gasteiger partial charge in [0, 0.05) is 0 Å². The van der Waals surface area contributed by atoms with Crippen LogP contribution in [0.4, 0.5) is 0 Å². The standard InChI is InChI=1S/C21H21AsO3S2/c23-27(24,25)26-18-10-17-22(19-11-4-1-5-12-19,20-13-6-2-7-14-20)21-15-8-3-9-16-21/h1-9,11-16H,10,17-18H2. The molecule has 0 radical (unpaired) electrons. The first kappa shape index (κ1) is 20.2. The summed E-state index contributed by atoms with van der Waals surface area (Å²) >= 11 is -2.79. The zero-order valence-corrected chi connectivity index (χ0v) is 18.3. The van der Waals surface area contributed by atoms with Gasteiger partial charge in [-0.1, -0.05) is 0 Å². The number of hydrogen-bond donors (Lipinski definition) is 0. The van der Waals surface area contributed by atoms with E-state index >= 15 is 0 Å². The van der Waals surface area contributed by atoms with Gasteiger partial charge in [-0.05, 0) is 0 Å². The summed E-state index contributed by atoms with van der Waals surface area (Å²) in [5, 5.41) is 0.874. The fourth-order valence-corrected chi connectivity index (χ4v) is 14.4. The molecule has 0 bridgehead atoms. The summed E-state index contributed by atoms with van der Waals surface area (Å²) in [7, 11) is -3.75. The van der Waals surface area contributed by atoms with Crippen molar-refractivity contribution in [2.75, 3.05) is 5.75 Å². The molecule has 0 atom stereocenters. The molecule has 0 aliphatic carbocycles. The molecule has 0 N–H and O–H groups in total. The first-order chi connectivity index (χ1) is 13.0. The summed E-state index contributed by atoms with van der Waals surface area (Å²) in [6, 6.07) is 31.5. The predicted molar refractivity (Wildman–Crippen MR) is 116 cm³/mol. The van der Waals surface area contributed by atoms with Gasteiger partial charge in [0.1, 0.15) is 0 Å². The molecule has 0 heterocycles.